The highest BCUT2D eigenvalue weighted by Gasteiger charge is 2.07. The molecule has 0 bridgehead atoms. The van der Waals surface area contributed by atoms with Crippen LogP contribution in [0.1, 0.15) is 11.1 Å². The summed E-state index contributed by atoms with van der Waals surface area (Å²) in [5.41, 5.74) is 7.04. The van der Waals surface area contributed by atoms with Gasteiger partial charge in [0.1, 0.15) is 12.4 Å². The molecule has 18 heavy (non-hydrogen) atoms. The highest BCUT2D eigenvalue weighted by atomic mass is 35.5. The number of nitrogens with two attached hydrogens (primary N) is 1. The first-order valence-electron chi connectivity index (χ1n) is 5.50. The highest BCUT2D eigenvalue weighted by Crippen LogP contribution is 2.26. The van der Waals surface area contributed by atoms with Crippen molar-refractivity contribution in [3.8, 4) is 5.75 Å². The number of rotatable bonds is 3. The first-order valence-corrected chi connectivity index (χ1v) is 5.87. The van der Waals surface area contributed by atoms with E-state index >= 15 is 0 Å². The minimum absolute atomic E-state index is 0.0973. The van der Waals surface area contributed by atoms with Gasteiger partial charge in [0.2, 0.25) is 0 Å². The van der Waals surface area contributed by atoms with Gasteiger partial charge in [0.25, 0.3) is 0 Å². The van der Waals surface area contributed by atoms with Crippen LogP contribution in [0.2, 0.25) is 5.02 Å². The van der Waals surface area contributed by atoms with E-state index in [0.717, 1.165) is 5.56 Å². The lowest BCUT2D eigenvalue weighted by atomic mass is 10.2. The molecule has 2 N–H and O–H groups in total. The molecule has 0 amide bonds. The summed E-state index contributed by atoms with van der Waals surface area (Å²) in [5.74, 6) is 0.0970. The molecule has 0 spiro atoms. The lowest BCUT2D eigenvalue weighted by Crippen LogP contribution is -2.01. The Morgan fingerprint density at radius 2 is 2.06 bits per heavy atom. The molecule has 0 aromatic heterocycles. The molecule has 0 aliphatic heterocycles. The third-order valence-corrected chi connectivity index (χ3v) is 2.89. The molecular formula is C14H13ClFNO. The van der Waals surface area contributed by atoms with Crippen LogP contribution >= 0.6 is 11.6 Å². The van der Waals surface area contributed by atoms with Gasteiger partial charge in [-0.2, -0.15) is 0 Å². The monoisotopic (exact) mass is 265 g/mol. The van der Waals surface area contributed by atoms with Gasteiger partial charge in [0.15, 0.2) is 5.82 Å². The lowest BCUT2D eigenvalue weighted by molar-refractivity contribution is 0.300. The zero-order chi connectivity index (χ0) is 13.1. The van der Waals surface area contributed by atoms with Gasteiger partial charge in [-0.05, 0) is 30.7 Å². The fraction of sp³-hybridized carbons (Fsp3) is 0.143. The molecule has 94 valence electrons. The summed E-state index contributed by atoms with van der Waals surface area (Å²) in [6.45, 7) is 2.03. The fourth-order valence-electron chi connectivity index (χ4n) is 1.59. The Morgan fingerprint density at radius 1 is 1.28 bits per heavy atom. The largest absolute Gasteiger partial charge is 0.487 e. The number of hydrogen-bond donors (Lipinski definition) is 1. The number of anilines is 1. The number of nitrogen functional groups attached to an aromatic ring is 1. The van der Waals surface area contributed by atoms with Crippen molar-refractivity contribution in [3.63, 3.8) is 0 Å². The van der Waals surface area contributed by atoms with E-state index in [4.69, 9.17) is 22.1 Å². The summed E-state index contributed by atoms with van der Waals surface area (Å²) in [5, 5.41) is 0.505. The Kier molecular flexibility index (Phi) is 3.72. The zero-order valence-electron chi connectivity index (χ0n) is 9.91. The molecule has 0 atom stereocenters. The van der Waals surface area contributed by atoms with Crippen LogP contribution in [0.15, 0.2) is 36.4 Å². The van der Waals surface area contributed by atoms with Gasteiger partial charge < -0.3 is 10.5 Å². The average Bonchev–Trinajstić information content (AvgIpc) is 2.35. The molecule has 4 heteroatoms. The van der Waals surface area contributed by atoms with E-state index in [1.807, 2.05) is 19.1 Å². The molecule has 0 heterocycles. The number of benzene rings is 2. The van der Waals surface area contributed by atoms with E-state index in [1.165, 1.54) is 6.07 Å². The van der Waals surface area contributed by atoms with Crippen molar-refractivity contribution < 1.29 is 9.13 Å². The molecule has 2 nitrogen and oxygen atoms in total. The molecule has 0 saturated carbocycles. The van der Waals surface area contributed by atoms with Gasteiger partial charge in [-0.3, -0.25) is 0 Å². The SMILES string of the molecule is Cc1ccc(Cl)c(OCc2cccc(N)c2F)c1. The second-order valence-corrected chi connectivity index (χ2v) is 4.45. The van der Waals surface area contributed by atoms with Gasteiger partial charge in [-0.1, -0.05) is 29.8 Å². The van der Waals surface area contributed by atoms with Gasteiger partial charge in [0, 0.05) is 5.56 Å². The van der Waals surface area contributed by atoms with Crippen molar-refractivity contribution in [2.45, 2.75) is 13.5 Å². The van der Waals surface area contributed by atoms with Crippen molar-refractivity contribution >= 4 is 17.3 Å². The van der Waals surface area contributed by atoms with E-state index in [2.05, 4.69) is 0 Å². The van der Waals surface area contributed by atoms with Crippen molar-refractivity contribution in [1.29, 1.82) is 0 Å². The van der Waals surface area contributed by atoms with Gasteiger partial charge in [0.05, 0.1) is 10.7 Å². The topological polar surface area (TPSA) is 35.2 Å². The minimum Gasteiger partial charge on any atom is -0.487 e. The third-order valence-electron chi connectivity index (χ3n) is 2.58. The molecule has 2 aromatic rings. The first-order chi connectivity index (χ1) is 8.58. The normalized spacial score (nSPS) is 10.4. The number of halogens is 2. The predicted molar refractivity (Wildman–Crippen MR) is 71.3 cm³/mol. The summed E-state index contributed by atoms with van der Waals surface area (Å²) < 4.78 is 19.2. The van der Waals surface area contributed by atoms with Crippen LogP contribution < -0.4 is 10.5 Å². The molecule has 0 fully saturated rings. The number of ether oxygens (including phenoxy) is 1. The number of aryl methyl sites for hydroxylation is 1. The Bertz CT molecular complexity index is 570. The molecule has 2 aromatic carbocycles. The van der Waals surface area contributed by atoms with Crippen LogP contribution in [0.3, 0.4) is 0 Å². The van der Waals surface area contributed by atoms with E-state index in [1.54, 1.807) is 18.2 Å². The maximum Gasteiger partial charge on any atom is 0.152 e. The molecule has 0 aliphatic carbocycles. The van der Waals surface area contributed by atoms with E-state index in [0.29, 0.717) is 16.3 Å². The minimum atomic E-state index is -0.443. The average molecular weight is 266 g/mol. The first kappa shape index (κ1) is 12.7. The maximum atomic E-state index is 13.6. The van der Waals surface area contributed by atoms with E-state index in [-0.39, 0.29) is 12.3 Å². The molecule has 0 saturated heterocycles. The van der Waals surface area contributed by atoms with Crippen LogP contribution in [0.25, 0.3) is 0 Å². The third kappa shape index (κ3) is 2.74. The molecule has 0 aliphatic rings. The Balaban J connectivity index is 2.16. The molecular weight excluding hydrogens is 253 g/mol. The van der Waals surface area contributed by atoms with Crippen LogP contribution in [0.4, 0.5) is 10.1 Å². The molecule has 0 unspecified atom stereocenters. The Morgan fingerprint density at radius 3 is 2.83 bits per heavy atom. The van der Waals surface area contributed by atoms with Gasteiger partial charge in [-0.15, -0.1) is 0 Å². The Labute approximate surface area is 110 Å². The van der Waals surface area contributed by atoms with Crippen molar-refractivity contribution in [2.75, 3.05) is 5.73 Å². The van der Waals surface area contributed by atoms with Crippen LogP contribution in [0, 0.1) is 12.7 Å². The summed E-state index contributed by atoms with van der Waals surface area (Å²) in [6, 6.07) is 10.3. The summed E-state index contributed by atoms with van der Waals surface area (Å²) in [7, 11) is 0. The number of hydrogen-bond acceptors (Lipinski definition) is 2. The summed E-state index contributed by atoms with van der Waals surface area (Å²) in [6.07, 6.45) is 0. The lowest BCUT2D eigenvalue weighted by Gasteiger charge is -2.10. The van der Waals surface area contributed by atoms with Crippen LogP contribution in [-0.4, -0.2) is 0 Å². The van der Waals surface area contributed by atoms with Crippen molar-refractivity contribution in [1.82, 2.24) is 0 Å². The standard InChI is InChI=1S/C14H13ClFNO/c1-9-5-6-11(15)13(7-9)18-8-10-3-2-4-12(17)14(10)16/h2-7H,8,17H2,1H3. The summed E-state index contributed by atoms with van der Waals surface area (Å²) in [4.78, 5) is 0. The molecule has 2 rings (SSSR count). The van der Waals surface area contributed by atoms with Crippen molar-refractivity contribution in [3.05, 3.63) is 58.4 Å². The second-order valence-electron chi connectivity index (χ2n) is 4.04. The van der Waals surface area contributed by atoms with Gasteiger partial charge >= 0.3 is 0 Å². The van der Waals surface area contributed by atoms with Crippen LogP contribution in [-0.2, 0) is 6.61 Å². The van der Waals surface area contributed by atoms with Crippen molar-refractivity contribution in [2.24, 2.45) is 0 Å². The van der Waals surface area contributed by atoms with Gasteiger partial charge in [-0.25, -0.2) is 4.39 Å². The molecule has 0 radical (unpaired) electrons. The van der Waals surface area contributed by atoms with E-state index in [9.17, 15) is 4.39 Å². The smallest absolute Gasteiger partial charge is 0.152 e. The zero-order valence-corrected chi connectivity index (χ0v) is 10.7. The van der Waals surface area contributed by atoms with Crippen LogP contribution in [0.5, 0.6) is 5.75 Å². The Hall–Kier alpha value is -1.74. The quantitative estimate of drug-likeness (QED) is 0.853. The maximum absolute atomic E-state index is 13.6. The van der Waals surface area contributed by atoms with E-state index < -0.39 is 5.82 Å². The summed E-state index contributed by atoms with van der Waals surface area (Å²) >= 11 is 5.99. The second kappa shape index (κ2) is 5.27. The highest BCUT2D eigenvalue weighted by molar-refractivity contribution is 6.32. The fourth-order valence-corrected chi connectivity index (χ4v) is 1.76. The predicted octanol–water partition coefficient (Wildman–Crippen LogP) is 3.95.